The molecule has 0 fully saturated rings. The van der Waals surface area contributed by atoms with Gasteiger partial charge < -0.3 is 0 Å². The van der Waals surface area contributed by atoms with Crippen molar-refractivity contribution in [3.63, 3.8) is 0 Å². The number of aromatic nitrogens is 1. The number of hydrogen-bond donors (Lipinski definition) is 0. The summed E-state index contributed by atoms with van der Waals surface area (Å²) in [7, 11) is 0. The molecule has 0 aliphatic rings. The topological polar surface area (TPSA) is 12.9 Å². The third kappa shape index (κ3) is 3.17. The van der Waals surface area contributed by atoms with E-state index in [-0.39, 0.29) is 0 Å². The third-order valence-corrected chi connectivity index (χ3v) is 2.61. The average Bonchev–Trinajstić information content (AvgIpc) is 2.30. The van der Waals surface area contributed by atoms with Crippen molar-refractivity contribution in [1.29, 1.82) is 0 Å². The smallest absolute Gasteiger partial charge is 0.0445 e. The maximum Gasteiger partial charge on any atom is 0.0445 e. The Morgan fingerprint density at radius 1 is 1.07 bits per heavy atom. The van der Waals surface area contributed by atoms with Gasteiger partial charge in [-0.25, -0.2) is 0 Å². The van der Waals surface area contributed by atoms with Gasteiger partial charge in [0.05, 0.1) is 0 Å². The maximum atomic E-state index is 4.29. The Balaban J connectivity index is 1.96. The van der Waals surface area contributed by atoms with Gasteiger partial charge >= 0.3 is 0 Å². The second-order valence-corrected chi connectivity index (χ2v) is 4.21. The summed E-state index contributed by atoms with van der Waals surface area (Å²) in [6.45, 7) is 0. The monoisotopic (exact) mass is 260 g/mol. The molecule has 1 heterocycles. The molecule has 0 saturated carbocycles. The molecule has 2 heteroatoms. The molecule has 15 heavy (non-hydrogen) atoms. The predicted octanol–water partition coefficient (Wildman–Crippen LogP) is 3.64. The molecule has 0 atom stereocenters. The first-order valence-electron chi connectivity index (χ1n) is 4.83. The van der Waals surface area contributed by atoms with Gasteiger partial charge in [0.25, 0.3) is 0 Å². The lowest BCUT2D eigenvalue weighted by molar-refractivity contribution is 1.10. The summed E-state index contributed by atoms with van der Waals surface area (Å²) < 4.78 is 1.01. The molecule has 0 aliphatic heterocycles. The minimum atomic E-state index is 0.926. The summed E-state index contributed by atoms with van der Waals surface area (Å²) in [4.78, 5) is 4.29. The second-order valence-electron chi connectivity index (χ2n) is 3.30. The van der Waals surface area contributed by atoms with Crippen molar-refractivity contribution in [3.8, 4) is 0 Å². The van der Waals surface area contributed by atoms with Crippen LogP contribution in [0, 0.1) is 6.42 Å². The zero-order valence-electron chi connectivity index (χ0n) is 8.23. The quantitative estimate of drug-likeness (QED) is 0.822. The van der Waals surface area contributed by atoms with Crippen molar-refractivity contribution in [1.82, 2.24) is 4.98 Å². The van der Waals surface area contributed by atoms with E-state index >= 15 is 0 Å². The molecule has 0 amide bonds. The van der Waals surface area contributed by atoms with Crippen molar-refractivity contribution < 1.29 is 0 Å². The summed E-state index contributed by atoms with van der Waals surface area (Å²) in [5.41, 5.74) is 2.32. The van der Waals surface area contributed by atoms with E-state index in [2.05, 4.69) is 51.6 Å². The Labute approximate surface area is 98.3 Å². The Morgan fingerprint density at radius 3 is 2.53 bits per heavy atom. The summed E-state index contributed by atoms with van der Waals surface area (Å²) in [5.74, 6) is 0. The Kier molecular flexibility index (Phi) is 3.51. The number of halogens is 1. The van der Waals surface area contributed by atoms with Crippen LogP contribution in [-0.4, -0.2) is 4.98 Å². The molecule has 2 rings (SSSR count). The Bertz CT molecular complexity index is 408. The zero-order chi connectivity index (χ0) is 10.5. The van der Waals surface area contributed by atoms with Crippen LogP contribution < -0.4 is 0 Å². The largest absolute Gasteiger partial charge is 0.260 e. The lowest BCUT2D eigenvalue weighted by Gasteiger charge is -2.00. The highest BCUT2D eigenvalue weighted by atomic mass is 79.9. The lowest BCUT2D eigenvalue weighted by atomic mass is 10.1. The van der Waals surface area contributed by atoms with Gasteiger partial charge in [-0.15, -0.1) is 0 Å². The molecular formula is C13H11BrN. The number of pyridine rings is 1. The Hall–Kier alpha value is -1.15. The van der Waals surface area contributed by atoms with Crippen LogP contribution in [0.25, 0.3) is 0 Å². The van der Waals surface area contributed by atoms with E-state index in [4.69, 9.17) is 0 Å². The van der Waals surface area contributed by atoms with Gasteiger partial charge in [-0.1, -0.05) is 30.3 Å². The van der Waals surface area contributed by atoms with E-state index in [0.29, 0.717) is 0 Å². The molecule has 0 unspecified atom stereocenters. The molecule has 0 aliphatic carbocycles. The van der Waals surface area contributed by atoms with Crippen LogP contribution in [0.2, 0.25) is 0 Å². The Morgan fingerprint density at radius 2 is 1.87 bits per heavy atom. The highest BCUT2D eigenvalue weighted by Gasteiger charge is 1.96. The van der Waals surface area contributed by atoms with Crippen LogP contribution in [0.5, 0.6) is 0 Å². The first-order valence-corrected chi connectivity index (χ1v) is 5.62. The summed E-state index contributed by atoms with van der Waals surface area (Å²) in [5, 5.41) is 0. The zero-order valence-corrected chi connectivity index (χ0v) is 9.81. The second kappa shape index (κ2) is 5.08. The molecule has 0 bridgehead atoms. The number of benzene rings is 1. The molecule has 2 aromatic rings. The van der Waals surface area contributed by atoms with Crippen LogP contribution >= 0.6 is 15.9 Å². The molecule has 1 aromatic carbocycles. The maximum absolute atomic E-state index is 4.29. The van der Waals surface area contributed by atoms with E-state index < -0.39 is 0 Å². The summed E-state index contributed by atoms with van der Waals surface area (Å²) in [6, 6.07) is 14.4. The average molecular weight is 261 g/mol. The van der Waals surface area contributed by atoms with Gasteiger partial charge in [-0.2, -0.15) is 0 Å². The minimum absolute atomic E-state index is 0.926. The fourth-order valence-corrected chi connectivity index (χ4v) is 1.58. The molecule has 0 saturated heterocycles. The van der Waals surface area contributed by atoms with Crippen molar-refractivity contribution >= 4 is 15.9 Å². The van der Waals surface area contributed by atoms with Crippen LogP contribution in [0.1, 0.15) is 11.3 Å². The van der Waals surface area contributed by atoms with Crippen molar-refractivity contribution in [2.24, 2.45) is 0 Å². The van der Waals surface area contributed by atoms with E-state index in [9.17, 15) is 0 Å². The summed E-state index contributed by atoms with van der Waals surface area (Å²) >= 11 is 3.37. The van der Waals surface area contributed by atoms with Gasteiger partial charge in [0.15, 0.2) is 0 Å². The van der Waals surface area contributed by atoms with E-state index in [1.54, 1.807) is 0 Å². The van der Waals surface area contributed by atoms with Gasteiger partial charge in [0, 0.05) is 22.8 Å². The van der Waals surface area contributed by atoms with Crippen molar-refractivity contribution in [2.45, 2.75) is 6.42 Å². The van der Waals surface area contributed by atoms with Gasteiger partial charge in [0.1, 0.15) is 0 Å². The first kappa shape index (κ1) is 10.4. The molecule has 1 radical (unpaired) electrons. The number of hydrogen-bond acceptors (Lipinski definition) is 1. The fraction of sp³-hybridized carbons (Fsp3) is 0.0769. The molecule has 0 spiro atoms. The number of nitrogens with zero attached hydrogens (tertiary/aromatic N) is 1. The predicted molar refractivity (Wildman–Crippen MR) is 65.5 cm³/mol. The fourth-order valence-electron chi connectivity index (χ4n) is 1.34. The lowest BCUT2D eigenvalue weighted by Crippen LogP contribution is -1.90. The van der Waals surface area contributed by atoms with Gasteiger partial charge in [0.2, 0.25) is 0 Å². The molecule has 1 nitrogen and oxygen atoms in total. The van der Waals surface area contributed by atoms with Crippen LogP contribution in [0.4, 0.5) is 0 Å². The van der Waals surface area contributed by atoms with Gasteiger partial charge in [-0.05, 0) is 40.0 Å². The summed E-state index contributed by atoms with van der Waals surface area (Å²) in [6.07, 6.45) is 4.87. The van der Waals surface area contributed by atoms with Crippen LogP contribution in [0.3, 0.4) is 0 Å². The van der Waals surface area contributed by atoms with Crippen molar-refractivity contribution in [3.05, 3.63) is 70.8 Å². The van der Waals surface area contributed by atoms with Crippen LogP contribution in [-0.2, 0) is 6.42 Å². The van der Waals surface area contributed by atoms with E-state index in [1.807, 2.05) is 24.4 Å². The normalized spacial score (nSPS) is 10.2. The highest BCUT2D eigenvalue weighted by molar-refractivity contribution is 9.10. The highest BCUT2D eigenvalue weighted by Crippen LogP contribution is 2.11. The molecule has 1 aromatic heterocycles. The molecule has 75 valence electrons. The minimum Gasteiger partial charge on any atom is -0.260 e. The van der Waals surface area contributed by atoms with E-state index in [0.717, 1.165) is 16.6 Å². The first-order chi connectivity index (χ1) is 7.34. The molecule has 0 N–H and O–H groups in total. The number of rotatable bonds is 3. The molecular weight excluding hydrogens is 250 g/mol. The standard InChI is InChI=1S/C13H11BrN/c14-12-7-9-13(15-10-12)8-6-11-4-2-1-3-5-11/h1-5,7-10H,6H2. The van der Waals surface area contributed by atoms with Crippen molar-refractivity contribution in [2.75, 3.05) is 0 Å². The van der Waals surface area contributed by atoms with Gasteiger partial charge in [-0.3, -0.25) is 4.98 Å². The van der Waals surface area contributed by atoms with E-state index in [1.165, 1.54) is 5.56 Å². The third-order valence-electron chi connectivity index (χ3n) is 2.14. The SMILES string of the molecule is Brc1ccc([CH]Cc2ccccc2)nc1. The van der Waals surface area contributed by atoms with Crippen LogP contribution in [0.15, 0.2) is 53.1 Å².